The fourth-order valence-corrected chi connectivity index (χ4v) is 2.17. The molecule has 0 aliphatic heterocycles. The van der Waals surface area contributed by atoms with Crippen molar-refractivity contribution in [2.45, 2.75) is 6.92 Å². The van der Waals surface area contributed by atoms with Gasteiger partial charge in [-0.1, -0.05) is 18.3 Å². The molecule has 0 spiro atoms. The van der Waals surface area contributed by atoms with E-state index in [0.29, 0.717) is 10.2 Å². The number of anilines is 2. The Morgan fingerprint density at radius 3 is 2.35 bits per heavy atom. The summed E-state index contributed by atoms with van der Waals surface area (Å²) < 4.78 is 28.6. The van der Waals surface area contributed by atoms with Gasteiger partial charge in [-0.05, 0) is 52.7 Å². The molecule has 0 aliphatic rings. The molecule has 0 atom stereocenters. The lowest BCUT2D eigenvalue weighted by Gasteiger charge is -2.12. The van der Waals surface area contributed by atoms with Crippen LogP contribution in [0.4, 0.5) is 20.2 Å². The molecule has 0 saturated carbocycles. The highest BCUT2D eigenvalue weighted by Crippen LogP contribution is 2.30. The van der Waals surface area contributed by atoms with Crippen molar-refractivity contribution >= 4 is 44.5 Å². The van der Waals surface area contributed by atoms with E-state index < -0.39 is 11.6 Å². The van der Waals surface area contributed by atoms with Gasteiger partial charge in [0.25, 0.3) is 0 Å². The summed E-state index contributed by atoms with van der Waals surface area (Å²) in [4.78, 5) is -0.0499. The molecular weight excluding hydrogens is 346 g/mol. The maximum absolute atomic E-state index is 14.0. The van der Waals surface area contributed by atoms with Crippen molar-refractivity contribution in [2.75, 3.05) is 5.32 Å². The summed E-state index contributed by atoms with van der Waals surface area (Å²) in [5.74, 6) is -1.50. The van der Waals surface area contributed by atoms with Gasteiger partial charge < -0.3 is 11.1 Å². The number of halogens is 3. The minimum absolute atomic E-state index is 0.0499. The zero-order valence-corrected chi connectivity index (χ0v) is 12.9. The molecule has 0 heterocycles. The highest BCUT2D eigenvalue weighted by atomic mass is 79.9. The van der Waals surface area contributed by atoms with E-state index in [1.165, 1.54) is 0 Å². The molecule has 2 rings (SSSR count). The Balaban J connectivity index is 2.44. The Hall–Kier alpha value is -1.53. The van der Waals surface area contributed by atoms with Crippen molar-refractivity contribution in [1.29, 1.82) is 0 Å². The number of rotatable bonds is 3. The molecule has 0 amide bonds. The molecular formula is C14H11BrF2N2S. The molecule has 0 unspecified atom stereocenters. The minimum atomic E-state index is -0.749. The maximum atomic E-state index is 14.0. The van der Waals surface area contributed by atoms with Crippen LogP contribution in [0.25, 0.3) is 0 Å². The van der Waals surface area contributed by atoms with Crippen molar-refractivity contribution in [3.63, 3.8) is 0 Å². The second-order valence-electron chi connectivity index (χ2n) is 4.29. The van der Waals surface area contributed by atoms with E-state index in [0.717, 1.165) is 17.7 Å². The molecule has 104 valence electrons. The number of hydrogen-bond acceptors (Lipinski definition) is 2. The van der Waals surface area contributed by atoms with Crippen LogP contribution in [0.15, 0.2) is 34.8 Å². The van der Waals surface area contributed by atoms with Crippen molar-refractivity contribution in [3.8, 4) is 0 Å². The lowest BCUT2D eigenvalue weighted by Crippen LogP contribution is -2.11. The summed E-state index contributed by atoms with van der Waals surface area (Å²) in [6.45, 7) is 1.89. The first-order valence-electron chi connectivity index (χ1n) is 5.70. The van der Waals surface area contributed by atoms with E-state index in [-0.39, 0.29) is 16.2 Å². The van der Waals surface area contributed by atoms with E-state index in [9.17, 15) is 8.78 Å². The van der Waals surface area contributed by atoms with Gasteiger partial charge in [0.05, 0.1) is 5.69 Å². The van der Waals surface area contributed by atoms with Gasteiger partial charge >= 0.3 is 0 Å². The Kier molecular flexibility index (Phi) is 4.35. The first kappa shape index (κ1) is 14.9. The van der Waals surface area contributed by atoms with Crippen LogP contribution in [0.3, 0.4) is 0 Å². The maximum Gasteiger partial charge on any atom is 0.150 e. The number of benzene rings is 2. The van der Waals surface area contributed by atoms with Gasteiger partial charge in [0.15, 0.2) is 0 Å². The molecule has 0 saturated heterocycles. The molecule has 6 heteroatoms. The summed E-state index contributed by atoms with van der Waals surface area (Å²) in [6, 6.07) is 7.69. The summed E-state index contributed by atoms with van der Waals surface area (Å²) >= 11 is 8.04. The van der Waals surface area contributed by atoms with Crippen LogP contribution in [0.2, 0.25) is 0 Å². The quantitative estimate of drug-likeness (QED) is 0.799. The predicted molar refractivity (Wildman–Crippen MR) is 84.4 cm³/mol. The van der Waals surface area contributed by atoms with Crippen molar-refractivity contribution in [2.24, 2.45) is 5.73 Å². The van der Waals surface area contributed by atoms with Crippen LogP contribution < -0.4 is 11.1 Å². The van der Waals surface area contributed by atoms with Gasteiger partial charge in [-0.3, -0.25) is 0 Å². The first-order chi connectivity index (χ1) is 9.38. The number of aryl methyl sites for hydroxylation is 1. The monoisotopic (exact) mass is 356 g/mol. The molecule has 20 heavy (non-hydrogen) atoms. The third-order valence-electron chi connectivity index (χ3n) is 2.71. The topological polar surface area (TPSA) is 38.0 Å². The SMILES string of the molecule is Cc1ccc(Br)c(Nc2c(F)cc(C(N)=S)cc2F)c1. The lowest BCUT2D eigenvalue weighted by molar-refractivity contribution is 0.590. The second-order valence-corrected chi connectivity index (χ2v) is 5.58. The lowest BCUT2D eigenvalue weighted by atomic mass is 10.1. The van der Waals surface area contributed by atoms with Crippen molar-refractivity contribution in [3.05, 3.63) is 57.6 Å². The van der Waals surface area contributed by atoms with E-state index in [1.54, 1.807) is 12.1 Å². The van der Waals surface area contributed by atoms with Crippen molar-refractivity contribution < 1.29 is 8.78 Å². The molecule has 2 nitrogen and oxygen atoms in total. The number of nitrogens with two attached hydrogens (primary N) is 1. The van der Waals surface area contributed by atoms with Gasteiger partial charge in [-0.2, -0.15) is 0 Å². The standard InChI is InChI=1S/C14H11BrF2N2S/c1-7-2-3-9(15)12(4-7)19-13-10(16)5-8(14(18)20)6-11(13)17/h2-6,19H,1H3,(H2,18,20). The first-order valence-corrected chi connectivity index (χ1v) is 6.90. The van der Waals surface area contributed by atoms with Crippen LogP contribution >= 0.6 is 28.1 Å². The zero-order valence-electron chi connectivity index (χ0n) is 10.5. The molecule has 3 N–H and O–H groups in total. The molecule has 0 radical (unpaired) electrons. The largest absolute Gasteiger partial charge is 0.389 e. The van der Waals surface area contributed by atoms with Gasteiger partial charge in [0, 0.05) is 10.0 Å². The zero-order chi connectivity index (χ0) is 14.9. The van der Waals surface area contributed by atoms with E-state index in [2.05, 4.69) is 21.2 Å². The fraction of sp³-hybridized carbons (Fsp3) is 0.0714. The van der Waals surface area contributed by atoms with Gasteiger partial charge in [-0.25, -0.2) is 8.78 Å². The van der Waals surface area contributed by atoms with E-state index >= 15 is 0 Å². The summed E-state index contributed by atoms with van der Waals surface area (Å²) in [5, 5.41) is 2.73. The Labute approximate surface area is 129 Å². The molecule has 2 aromatic carbocycles. The normalized spacial score (nSPS) is 10.4. The minimum Gasteiger partial charge on any atom is -0.389 e. The number of thiocarbonyl (C=S) groups is 1. The number of hydrogen-bond donors (Lipinski definition) is 2. The van der Waals surface area contributed by atoms with Crippen molar-refractivity contribution in [1.82, 2.24) is 0 Å². The number of nitrogens with one attached hydrogen (secondary N) is 1. The molecule has 0 aliphatic carbocycles. The average molecular weight is 357 g/mol. The molecule has 0 bridgehead atoms. The van der Waals surface area contributed by atoms with Crippen LogP contribution in [0.5, 0.6) is 0 Å². The Morgan fingerprint density at radius 2 is 1.80 bits per heavy atom. The van der Waals surface area contributed by atoms with E-state index in [1.807, 2.05) is 13.0 Å². The van der Waals surface area contributed by atoms with Crippen LogP contribution in [0, 0.1) is 18.6 Å². The van der Waals surface area contributed by atoms with Crippen LogP contribution in [-0.2, 0) is 0 Å². The second kappa shape index (κ2) is 5.85. The van der Waals surface area contributed by atoms with Gasteiger partial charge in [-0.15, -0.1) is 0 Å². The summed E-state index contributed by atoms with van der Waals surface area (Å²) in [6.07, 6.45) is 0. The van der Waals surface area contributed by atoms with Gasteiger partial charge in [0.2, 0.25) is 0 Å². The van der Waals surface area contributed by atoms with Gasteiger partial charge in [0.1, 0.15) is 22.3 Å². The smallest absolute Gasteiger partial charge is 0.150 e. The third-order valence-corrected chi connectivity index (χ3v) is 3.64. The molecule has 2 aromatic rings. The molecule has 0 aromatic heterocycles. The third kappa shape index (κ3) is 3.13. The predicted octanol–water partition coefficient (Wildman–Crippen LogP) is 4.41. The van der Waals surface area contributed by atoms with Crippen LogP contribution in [-0.4, -0.2) is 4.99 Å². The highest BCUT2D eigenvalue weighted by molar-refractivity contribution is 9.10. The van der Waals surface area contributed by atoms with E-state index in [4.69, 9.17) is 18.0 Å². The Bertz CT molecular complexity index is 666. The Morgan fingerprint density at radius 1 is 1.20 bits per heavy atom. The fourth-order valence-electron chi connectivity index (χ4n) is 1.70. The van der Waals surface area contributed by atoms with Crippen LogP contribution in [0.1, 0.15) is 11.1 Å². The molecule has 0 fully saturated rings. The summed E-state index contributed by atoms with van der Waals surface area (Å²) in [5.41, 5.74) is 6.83. The summed E-state index contributed by atoms with van der Waals surface area (Å²) in [7, 11) is 0. The average Bonchev–Trinajstić information content (AvgIpc) is 2.37. The highest BCUT2D eigenvalue weighted by Gasteiger charge is 2.13.